The fourth-order valence-corrected chi connectivity index (χ4v) is 5.28. The van der Waals surface area contributed by atoms with E-state index in [0.717, 1.165) is 51.6 Å². The zero-order chi connectivity index (χ0) is 29.1. The van der Waals surface area contributed by atoms with Gasteiger partial charge in [-0.3, -0.25) is 0 Å². The van der Waals surface area contributed by atoms with E-state index < -0.39 is 0 Å². The molecule has 0 heterocycles. The second-order valence-electron chi connectivity index (χ2n) is 10.2. The lowest BCUT2D eigenvalue weighted by molar-refractivity contribution is 0.0735. The summed E-state index contributed by atoms with van der Waals surface area (Å²) in [5.41, 5.74) is 6.23. The van der Waals surface area contributed by atoms with Gasteiger partial charge in [-0.2, -0.15) is 11.8 Å². The highest BCUT2D eigenvalue weighted by Crippen LogP contribution is 2.28. The molecule has 0 unspecified atom stereocenters. The Bertz CT molecular complexity index is 1590. The third kappa shape index (κ3) is 7.81. The molecule has 0 bridgehead atoms. The van der Waals surface area contributed by atoms with Gasteiger partial charge in [0.2, 0.25) is 0 Å². The summed E-state index contributed by atoms with van der Waals surface area (Å²) < 4.78 is 16.6. The fourth-order valence-electron chi connectivity index (χ4n) is 4.85. The summed E-state index contributed by atoms with van der Waals surface area (Å²) in [4.78, 5) is 12.8. The van der Waals surface area contributed by atoms with Crippen molar-refractivity contribution in [1.82, 2.24) is 0 Å². The van der Waals surface area contributed by atoms with Crippen molar-refractivity contribution in [2.75, 3.05) is 32.3 Å². The molecule has 0 aliphatic carbocycles. The number of carbonyl (C=O) groups excluding carboxylic acids is 1. The largest absolute Gasteiger partial charge is 0.493 e. The number of ether oxygens (including phenoxy) is 3. The number of carbonyl (C=O) groups is 1. The number of fused-ring (bicyclic) bond motifs is 1. The van der Waals surface area contributed by atoms with Gasteiger partial charge in [-0.15, -0.1) is 0 Å². The Labute approximate surface area is 252 Å². The first-order valence-electron chi connectivity index (χ1n) is 14.3. The maximum atomic E-state index is 12.8. The molecule has 5 rings (SSSR count). The van der Waals surface area contributed by atoms with Gasteiger partial charge in [0.15, 0.2) is 0 Å². The smallest absolute Gasteiger partial charge is 0.343 e. The van der Waals surface area contributed by atoms with Crippen molar-refractivity contribution in [2.24, 2.45) is 0 Å². The van der Waals surface area contributed by atoms with Gasteiger partial charge in [0, 0.05) is 20.1 Å². The topological polar surface area (TPSA) is 44.8 Å². The van der Waals surface area contributed by atoms with Crippen LogP contribution in [0, 0.1) is 0 Å². The third-order valence-electron chi connectivity index (χ3n) is 7.19. The predicted octanol–water partition coefficient (Wildman–Crippen LogP) is 9.10. The molecule has 0 aliphatic rings. The van der Waals surface area contributed by atoms with Crippen LogP contribution in [0.5, 0.6) is 11.5 Å². The number of thioether (sulfide) groups is 1. The third-order valence-corrected chi connectivity index (χ3v) is 7.89. The van der Waals surface area contributed by atoms with Crippen molar-refractivity contribution in [3.05, 3.63) is 120 Å². The van der Waals surface area contributed by atoms with E-state index >= 15 is 0 Å². The summed E-state index contributed by atoms with van der Waals surface area (Å²) in [5, 5.41) is 2.25. The van der Waals surface area contributed by atoms with Crippen LogP contribution in [0.25, 0.3) is 33.0 Å². The molecule has 0 radical (unpaired) electrons. The van der Waals surface area contributed by atoms with E-state index in [1.54, 1.807) is 7.11 Å². The molecule has 4 nitrogen and oxygen atoms in total. The summed E-state index contributed by atoms with van der Waals surface area (Å²) in [6, 6.07) is 36.4. The highest BCUT2D eigenvalue weighted by Gasteiger charge is 2.10. The van der Waals surface area contributed by atoms with E-state index in [1.165, 1.54) is 17.7 Å². The van der Waals surface area contributed by atoms with Gasteiger partial charge < -0.3 is 14.2 Å². The molecule has 5 heteroatoms. The van der Waals surface area contributed by atoms with Crippen molar-refractivity contribution in [2.45, 2.75) is 19.3 Å². The Kier molecular flexibility index (Phi) is 10.3. The quantitative estimate of drug-likeness (QED) is 0.0795. The molecule has 0 spiro atoms. The summed E-state index contributed by atoms with van der Waals surface area (Å²) in [6.45, 7) is 1.32. The minimum absolute atomic E-state index is 0.375. The van der Waals surface area contributed by atoms with Gasteiger partial charge in [-0.1, -0.05) is 66.7 Å². The van der Waals surface area contributed by atoms with Crippen LogP contribution < -0.4 is 9.47 Å². The number of aryl methyl sites for hydroxylation is 1. The summed E-state index contributed by atoms with van der Waals surface area (Å²) >= 11 is 1.89. The predicted molar refractivity (Wildman–Crippen MR) is 175 cm³/mol. The Balaban J connectivity index is 1.18. The minimum Gasteiger partial charge on any atom is -0.493 e. The van der Waals surface area contributed by atoms with Crippen LogP contribution in [0.4, 0.5) is 0 Å². The zero-order valence-electron chi connectivity index (χ0n) is 24.2. The lowest BCUT2D eigenvalue weighted by atomic mass is 10.00. The Morgan fingerprint density at radius 2 is 1.24 bits per heavy atom. The van der Waals surface area contributed by atoms with Crippen LogP contribution in [-0.4, -0.2) is 38.3 Å². The normalized spacial score (nSPS) is 11.0. The van der Waals surface area contributed by atoms with Crippen molar-refractivity contribution < 1.29 is 19.0 Å². The number of esters is 1. The highest BCUT2D eigenvalue weighted by atomic mass is 32.2. The number of rotatable bonds is 13. The van der Waals surface area contributed by atoms with Crippen LogP contribution in [0.1, 0.15) is 28.8 Å². The Hall–Kier alpha value is -4.06. The van der Waals surface area contributed by atoms with Gasteiger partial charge >= 0.3 is 5.97 Å². The molecule has 0 atom stereocenters. The summed E-state index contributed by atoms with van der Waals surface area (Å²) in [5.74, 6) is 2.19. The van der Waals surface area contributed by atoms with E-state index in [2.05, 4.69) is 60.9 Å². The molecule has 42 heavy (non-hydrogen) atoms. The van der Waals surface area contributed by atoms with Gasteiger partial charge in [0.25, 0.3) is 0 Å². The van der Waals surface area contributed by atoms with E-state index in [-0.39, 0.29) is 5.97 Å². The first-order valence-corrected chi connectivity index (χ1v) is 15.7. The first kappa shape index (κ1) is 29.4. The maximum absolute atomic E-state index is 12.8. The molecule has 5 aromatic rings. The van der Waals surface area contributed by atoms with E-state index in [4.69, 9.17) is 14.2 Å². The molecular weight excluding hydrogens is 540 g/mol. The number of hydrogen-bond donors (Lipinski definition) is 0. The monoisotopic (exact) mass is 576 g/mol. The van der Waals surface area contributed by atoms with Crippen LogP contribution in [0.2, 0.25) is 0 Å². The molecule has 0 aliphatic heterocycles. The SMILES string of the molecule is COCCCOc1ccc2cc(-c3ccc(C(=O)Oc4ccc(-c5ccc(CCCSC)cc5)cc4)cc3)ccc2c1. The molecule has 0 N–H and O–H groups in total. The number of benzene rings is 5. The molecule has 0 saturated heterocycles. The molecular formula is C37H36O4S. The second-order valence-corrected chi connectivity index (χ2v) is 11.2. The Morgan fingerprint density at radius 3 is 1.95 bits per heavy atom. The van der Waals surface area contributed by atoms with E-state index in [1.807, 2.05) is 66.4 Å². The second kappa shape index (κ2) is 14.7. The lowest BCUT2D eigenvalue weighted by Gasteiger charge is -2.09. The molecule has 214 valence electrons. The van der Waals surface area contributed by atoms with Gasteiger partial charge in [0.05, 0.1) is 12.2 Å². The average molecular weight is 577 g/mol. The molecule has 0 amide bonds. The Morgan fingerprint density at radius 1 is 0.643 bits per heavy atom. The van der Waals surface area contributed by atoms with Crippen LogP contribution in [-0.2, 0) is 11.2 Å². The fraction of sp³-hybridized carbons (Fsp3) is 0.216. The van der Waals surface area contributed by atoms with Crippen LogP contribution in [0.3, 0.4) is 0 Å². The number of hydrogen-bond acceptors (Lipinski definition) is 5. The minimum atomic E-state index is -0.375. The van der Waals surface area contributed by atoms with Crippen molar-refractivity contribution in [3.63, 3.8) is 0 Å². The molecule has 5 aromatic carbocycles. The first-order chi connectivity index (χ1) is 20.6. The maximum Gasteiger partial charge on any atom is 0.343 e. The standard InChI is InChI=1S/C37H36O4S/c1-39-22-4-23-40-36-21-18-33-25-32(14-15-34(33)26-36)30-10-12-31(13-11-30)37(38)41-35-19-16-29(17-20-35)28-8-6-27(7-9-28)5-3-24-42-2/h6-21,25-26H,3-5,22-24H2,1-2H3. The molecule has 0 aromatic heterocycles. The van der Waals surface area contributed by atoms with Crippen molar-refractivity contribution in [3.8, 4) is 33.8 Å². The van der Waals surface area contributed by atoms with E-state index in [0.29, 0.717) is 24.5 Å². The van der Waals surface area contributed by atoms with Crippen LogP contribution >= 0.6 is 11.8 Å². The average Bonchev–Trinajstić information content (AvgIpc) is 3.04. The molecule has 0 saturated carbocycles. The van der Waals surface area contributed by atoms with Gasteiger partial charge in [-0.25, -0.2) is 4.79 Å². The zero-order valence-corrected chi connectivity index (χ0v) is 25.0. The molecule has 0 fully saturated rings. The summed E-state index contributed by atoms with van der Waals surface area (Å²) in [6.07, 6.45) is 5.30. The highest BCUT2D eigenvalue weighted by molar-refractivity contribution is 7.98. The lowest BCUT2D eigenvalue weighted by Crippen LogP contribution is -2.08. The number of methoxy groups -OCH3 is 1. The van der Waals surface area contributed by atoms with Gasteiger partial charge in [-0.05, 0) is 106 Å². The van der Waals surface area contributed by atoms with Crippen molar-refractivity contribution >= 4 is 28.5 Å². The van der Waals surface area contributed by atoms with Gasteiger partial charge in [0.1, 0.15) is 11.5 Å². The summed E-state index contributed by atoms with van der Waals surface area (Å²) in [7, 11) is 1.70. The van der Waals surface area contributed by atoms with E-state index in [9.17, 15) is 4.79 Å². The van der Waals surface area contributed by atoms with Crippen molar-refractivity contribution in [1.29, 1.82) is 0 Å². The van der Waals surface area contributed by atoms with Crippen LogP contribution in [0.15, 0.2) is 109 Å².